The minimum Gasteiger partial charge on any atom is -0.321 e. The Morgan fingerprint density at radius 2 is 1.65 bits per heavy atom. The van der Waals surface area contributed by atoms with Gasteiger partial charge in [0.15, 0.2) is 5.78 Å². The number of hydrogen-bond acceptors (Lipinski definition) is 2. The molecule has 1 aromatic carbocycles. The van der Waals surface area contributed by atoms with Gasteiger partial charge >= 0.3 is 0 Å². The van der Waals surface area contributed by atoms with E-state index >= 15 is 0 Å². The van der Waals surface area contributed by atoms with Gasteiger partial charge in [0.05, 0.1) is 6.04 Å². The van der Waals surface area contributed by atoms with Crippen molar-refractivity contribution in [1.29, 1.82) is 0 Å². The Kier molecular flexibility index (Phi) is 4.88. The molecule has 0 fully saturated rings. The van der Waals surface area contributed by atoms with E-state index in [0.29, 0.717) is 12.3 Å². The van der Waals surface area contributed by atoms with Crippen LogP contribution in [-0.2, 0) is 11.2 Å². The monoisotopic (exact) mass is 233 g/mol. The zero-order chi connectivity index (χ0) is 13.0. The van der Waals surface area contributed by atoms with Gasteiger partial charge in [0.25, 0.3) is 0 Å². The first kappa shape index (κ1) is 13.9. The molecule has 2 nitrogen and oxygen atoms in total. The van der Waals surface area contributed by atoms with Gasteiger partial charge in [-0.3, -0.25) is 4.79 Å². The molecule has 0 radical (unpaired) electrons. The largest absolute Gasteiger partial charge is 0.321 e. The second-order valence-electron chi connectivity index (χ2n) is 5.31. The van der Waals surface area contributed by atoms with Crippen LogP contribution in [0.1, 0.15) is 44.7 Å². The van der Waals surface area contributed by atoms with E-state index in [-0.39, 0.29) is 17.7 Å². The summed E-state index contributed by atoms with van der Waals surface area (Å²) in [4.78, 5) is 11.8. The van der Waals surface area contributed by atoms with Crippen LogP contribution in [0.25, 0.3) is 0 Å². The number of rotatable bonds is 5. The Labute approximate surface area is 104 Å². The van der Waals surface area contributed by atoms with E-state index in [4.69, 9.17) is 5.73 Å². The Morgan fingerprint density at radius 1 is 1.12 bits per heavy atom. The van der Waals surface area contributed by atoms with Crippen molar-refractivity contribution in [2.75, 3.05) is 0 Å². The average Bonchev–Trinajstić information content (AvgIpc) is 2.28. The fourth-order valence-electron chi connectivity index (χ4n) is 1.71. The number of carbonyl (C=O) groups is 1. The highest BCUT2D eigenvalue weighted by Gasteiger charge is 2.17. The third-order valence-corrected chi connectivity index (χ3v) is 3.11. The van der Waals surface area contributed by atoms with Crippen molar-refractivity contribution >= 4 is 5.78 Å². The standard InChI is InChI=1S/C15H23NO/c1-10(2)13-7-5-12(6-8-13)9-14(17)15(16)11(3)4/h5-8,10-11,15H,9,16H2,1-4H3. The summed E-state index contributed by atoms with van der Waals surface area (Å²) in [7, 11) is 0. The number of benzene rings is 1. The number of ketones is 1. The van der Waals surface area contributed by atoms with Crippen molar-refractivity contribution in [3.8, 4) is 0 Å². The van der Waals surface area contributed by atoms with Crippen molar-refractivity contribution in [2.24, 2.45) is 11.7 Å². The molecule has 0 bridgehead atoms. The van der Waals surface area contributed by atoms with Crippen molar-refractivity contribution in [2.45, 2.75) is 46.1 Å². The summed E-state index contributed by atoms with van der Waals surface area (Å²) in [5, 5.41) is 0. The molecule has 2 heteroatoms. The fourth-order valence-corrected chi connectivity index (χ4v) is 1.71. The Hall–Kier alpha value is -1.15. The second-order valence-corrected chi connectivity index (χ2v) is 5.31. The molecule has 0 aromatic heterocycles. The summed E-state index contributed by atoms with van der Waals surface area (Å²) in [6, 6.07) is 7.89. The van der Waals surface area contributed by atoms with E-state index < -0.39 is 0 Å². The number of Topliss-reactive ketones (excluding diaryl/α,β-unsaturated/α-hetero) is 1. The molecule has 1 aromatic rings. The van der Waals surface area contributed by atoms with Gasteiger partial charge < -0.3 is 5.73 Å². The molecule has 1 rings (SSSR count). The van der Waals surface area contributed by atoms with Gasteiger partial charge in [-0.2, -0.15) is 0 Å². The minimum absolute atomic E-state index is 0.122. The minimum atomic E-state index is -0.347. The number of hydrogen-bond donors (Lipinski definition) is 1. The Bertz CT molecular complexity index is 365. The molecule has 0 aliphatic heterocycles. The van der Waals surface area contributed by atoms with E-state index in [9.17, 15) is 4.79 Å². The quantitative estimate of drug-likeness (QED) is 0.849. The summed E-state index contributed by atoms with van der Waals surface area (Å²) in [6.45, 7) is 8.28. The van der Waals surface area contributed by atoms with Crippen LogP contribution in [0.5, 0.6) is 0 Å². The lowest BCUT2D eigenvalue weighted by atomic mass is 9.95. The molecule has 94 valence electrons. The van der Waals surface area contributed by atoms with Gasteiger partial charge in [-0.05, 0) is 23.0 Å². The molecule has 2 N–H and O–H groups in total. The van der Waals surface area contributed by atoms with Crippen LogP contribution < -0.4 is 5.73 Å². The van der Waals surface area contributed by atoms with Gasteiger partial charge in [0.2, 0.25) is 0 Å². The molecular formula is C15H23NO. The van der Waals surface area contributed by atoms with E-state index in [1.807, 2.05) is 26.0 Å². The van der Waals surface area contributed by atoms with Gasteiger partial charge in [-0.25, -0.2) is 0 Å². The van der Waals surface area contributed by atoms with Crippen molar-refractivity contribution in [3.05, 3.63) is 35.4 Å². The highest BCUT2D eigenvalue weighted by atomic mass is 16.1. The van der Waals surface area contributed by atoms with Crippen LogP contribution in [0.3, 0.4) is 0 Å². The summed E-state index contributed by atoms with van der Waals surface area (Å²) in [5.74, 6) is 0.854. The molecule has 0 aliphatic rings. The van der Waals surface area contributed by atoms with Crippen molar-refractivity contribution < 1.29 is 4.79 Å². The molecule has 0 saturated heterocycles. The van der Waals surface area contributed by atoms with Crippen LogP contribution in [0.4, 0.5) is 0 Å². The van der Waals surface area contributed by atoms with Gasteiger partial charge in [-0.15, -0.1) is 0 Å². The Balaban J connectivity index is 2.66. The Morgan fingerprint density at radius 3 is 2.06 bits per heavy atom. The third-order valence-electron chi connectivity index (χ3n) is 3.11. The van der Waals surface area contributed by atoms with Crippen molar-refractivity contribution in [1.82, 2.24) is 0 Å². The molecule has 0 aliphatic carbocycles. The second kappa shape index (κ2) is 5.97. The lowest BCUT2D eigenvalue weighted by Crippen LogP contribution is -2.36. The zero-order valence-electron chi connectivity index (χ0n) is 11.2. The summed E-state index contributed by atoms with van der Waals surface area (Å²) >= 11 is 0. The van der Waals surface area contributed by atoms with Crippen LogP contribution in [0.2, 0.25) is 0 Å². The SMILES string of the molecule is CC(C)c1ccc(CC(=O)C(N)C(C)C)cc1. The van der Waals surface area contributed by atoms with Gasteiger partial charge in [-0.1, -0.05) is 52.0 Å². The lowest BCUT2D eigenvalue weighted by Gasteiger charge is -2.14. The zero-order valence-corrected chi connectivity index (χ0v) is 11.2. The smallest absolute Gasteiger partial charge is 0.154 e. The number of nitrogens with two attached hydrogens (primary N) is 1. The predicted molar refractivity (Wildman–Crippen MR) is 72.1 cm³/mol. The third kappa shape index (κ3) is 3.97. The molecule has 0 spiro atoms. The van der Waals surface area contributed by atoms with E-state index in [2.05, 4.69) is 26.0 Å². The summed E-state index contributed by atoms with van der Waals surface area (Å²) in [5.41, 5.74) is 8.19. The first-order valence-corrected chi connectivity index (χ1v) is 6.29. The topological polar surface area (TPSA) is 43.1 Å². The van der Waals surface area contributed by atoms with Gasteiger partial charge in [0, 0.05) is 6.42 Å². The first-order chi connectivity index (χ1) is 7.91. The molecule has 1 atom stereocenters. The summed E-state index contributed by atoms with van der Waals surface area (Å²) in [6.07, 6.45) is 0.442. The van der Waals surface area contributed by atoms with Crippen molar-refractivity contribution in [3.63, 3.8) is 0 Å². The van der Waals surface area contributed by atoms with E-state index in [1.54, 1.807) is 0 Å². The lowest BCUT2D eigenvalue weighted by molar-refractivity contribution is -0.120. The number of carbonyl (C=O) groups excluding carboxylic acids is 1. The maximum atomic E-state index is 11.8. The fraction of sp³-hybridized carbons (Fsp3) is 0.533. The molecule has 0 saturated carbocycles. The highest BCUT2D eigenvalue weighted by molar-refractivity contribution is 5.86. The van der Waals surface area contributed by atoms with Gasteiger partial charge in [0.1, 0.15) is 0 Å². The molecule has 0 heterocycles. The van der Waals surface area contributed by atoms with Crippen LogP contribution in [0, 0.1) is 5.92 Å². The maximum absolute atomic E-state index is 11.8. The van der Waals surface area contributed by atoms with Crippen LogP contribution >= 0.6 is 0 Å². The highest BCUT2D eigenvalue weighted by Crippen LogP contribution is 2.15. The maximum Gasteiger partial charge on any atom is 0.154 e. The molecule has 1 unspecified atom stereocenters. The summed E-state index contributed by atoms with van der Waals surface area (Å²) < 4.78 is 0. The van der Waals surface area contributed by atoms with Crippen LogP contribution in [0.15, 0.2) is 24.3 Å². The van der Waals surface area contributed by atoms with E-state index in [1.165, 1.54) is 5.56 Å². The first-order valence-electron chi connectivity index (χ1n) is 6.29. The molecular weight excluding hydrogens is 210 g/mol. The van der Waals surface area contributed by atoms with Crippen LogP contribution in [-0.4, -0.2) is 11.8 Å². The average molecular weight is 233 g/mol. The predicted octanol–water partition coefficient (Wildman–Crippen LogP) is 2.90. The molecule has 17 heavy (non-hydrogen) atoms. The van der Waals surface area contributed by atoms with E-state index in [0.717, 1.165) is 5.56 Å². The normalized spacial score (nSPS) is 13.1. The molecule has 0 amide bonds.